The van der Waals surface area contributed by atoms with E-state index in [4.69, 9.17) is 0 Å². The summed E-state index contributed by atoms with van der Waals surface area (Å²) in [7, 11) is 1.35. The average molecular weight is 265 g/mol. The van der Waals surface area contributed by atoms with E-state index in [0.717, 1.165) is 29.9 Å². The van der Waals surface area contributed by atoms with E-state index in [1.165, 1.54) is 7.41 Å². The summed E-state index contributed by atoms with van der Waals surface area (Å²) in [5, 5.41) is 0. The lowest BCUT2D eigenvalue weighted by molar-refractivity contribution is 0.0952. The molecule has 1 aliphatic heterocycles. The maximum absolute atomic E-state index is 11.9. The fourth-order valence-electron chi connectivity index (χ4n) is 2.05. The Balaban J connectivity index is 2.33. The van der Waals surface area contributed by atoms with Crippen molar-refractivity contribution >= 4 is 30.7 Å². The molecule has 1 aromatic rings. The highest BCUT2D eigenvalue weighted by atomic mass is 32.1. The van der Waals surface area contributed by atoms with E-state index in [0.29, 0.717) is 24.2 Å². The SMILES string of the molecule is CCCCn1c2c(sc1=O)C(=O)CN([B]C=O)C2. The minimum Gasteiger partial charge on any atom is -0.328 e. The maximum Gasteiger partial charge on any atom is 0.308 e. The first-order chi connectivity index (χ1) is 8.67. The normalized spacial score (nSPS) is 15.5. The summed E-state index contributed by atoms with van der Waals surface area (Å²) in [5.41, 5.74) is 0.757. The standard InChI is InChI=1S/C11H14BN2O3S/c1-2-3-4-14-8-5-13(12-7-15)6-9(16)10(8)18-11(14)17/h7H,2-6H2,1H3. The maximum atomic E-state index is 11.9. The molecular weight excluding hydrogens is 251 g/mol. The number of unbranched alkanes of at least 4 members (excludes halogenated alkanes) is 1. The minimum absolute atomic E-state index is 0.0743. The molecule has 0 saturated heterocycles. The number of rotatable bonds is 5. The number of nitrogens with zero attached hydrogens (tertiary/aromatic N) is 2. The van der Waals surface area contributed by atoms with Crippen LogP contribution in [-0.4, -0.2) is 35.3 Å². The van der Waals surface area contributed by atoms with E-state index in [1.54, 1.807) is 9.38 Å². The van der Waals surface area contributed by atoms with Crippen LogP contribution in [0.2, 0.25) is 0 Å². The molecule has 95 valence electrons. The molecule has 1 aromatic heterocycles. The van der Waals surface area contributed by atoms with E-state index in [-0.39, 0.29) is 17.2 Å². The molecule has 0 spiro atoms. The van der Waals surface area contributed by atoms with Gasteiger partial charge in [0.05, 0.1) is 23.3 Å². The second kappa shape index (κ2) is 5.62. The van der Waals surface area contributed by atoms with E-state index in [2.05, 4.69) is 6.92 Å². The van der Waals surface area contributed by atoms with Gasteiger partial charge in [0, 0.05) is 13.1 Å². The van der Waals surface area contributed by atoms with Crippen LogP contribution in [0.5, 0.6) is 0 Å². The molecular formula is C11H14BN2O3S. The Labute approximate surface area is 110 Å². The number of thiazole rings is 1. The van der Waals surface area contributed by atoms with Crippen molar-refractivity contribution in [3.8, 4) is 0 Å². The quantitative estimate of drug-likeness (QED) is 0.575. The molecule has 7 heteroatoms. The molecule has 1 radical (unpaired) electrons. The third-order valence-electron chi connectivity index (χ3n) is 2.96. The summed E-state index contributed by atoms with van der Waals surface area (Å²) in [5.74, 6) is -0.0771. The Kier molecular flexibility index (Phi) is 4.13. The van der Waals surface area contributed by atoms with Gasteiger partial charge in [-0.1, -0.05) is 24.7 Å². The molecule has 0 amide bonds. The Hall–Kier alpha value is -1.21. The first-order valence-corrected chi connectivity index (χ1v) is 6.77. The number of aromatic nitrogens is 1. The molecule has 2 heterocycles. The molecule has 18 heavy (non-hydrogen) atoms. The molecule has 0 aromatic carbocycles. The van der Waals surface area contributed by atoms with Crippen molar-refractivity contribution in [3.05, 3.63) is 20.2 Å². The fourth-order valence-corrected chi connectivity index (χ4v) is 3.00. The number of fused-ring (bicyclic) bond motifs is 1. The summed E-state index contributed by atoms with van der Waals surface area (Å²) in [6.07, 6.45) is 2.57. The number of hydrogen-bond donors (Lipinski definition) is 0. The zero-order valence-corrected chi connectivity index (χ0v) is 11.0. The lowest BCUT2D eigenvalue weighted by Crippen LogP contribution is -2.39. The van der Waals surface area contributed by atoms with Crippen molar-refractivity contribution in [1.29, 1.82) is 0 Å². The molecule has 0 unspecified atom stereocenters. The van der Waals surface area contributed by atoms with Crippen LogP contribution in [0, 0.1) is 0 Å². The highest BCUT2D eigenvalue weighted by Crippen LogP contribution is 2.21. The van der Waals surface area contributed by atoms with Gasteiger partial charge < -0.3 is 14.2 Å². The second-order valence-electron chi connectivity index (χ2n) is 4.26. The molecule has 5 nitrogen and oxygen atoms in total. The molecule has 0 aliphatic carbocycles. The van der Waals surface area contributed by atoms with E-state index in [1.807, 2.05) is 0 Å². The summed E-state index contributed by atoms with van der Waals surface area (Å²) in [6.45, 7) is 3.34. The highest BCUT2D eigenvalue weighted by molar-refractivity contribution is 7.11. The molecule has 0 saturated carbocycles. The van der Waals surface area contributed by atoms with Gasteiger partial charge in [-0.2, -0.15) is 0 Å². The van der Waals surface area contributed by atoms with Gasteiger partial charge in [-0.25, -0.2) is 0 Å². The smallest absolute Gasteiger partial charge is 0.308 e. The fraction of sp³-hybridized carbons (Fsp3) is 0.545. The topological polar surface area (TPSA) is 59.4 Å². The van der Waals surface area contributed by atoms with E-state index >= 15 is 0 Å². The zero-order chi connectivity index (χ0) is 13.1. The lowest BCUT2D eigenvalue weighted by Gasteiger charge is -2.24. The first kappa shape index (κ1) is 13.2. The third kappa shape index (κ3) is 2.47. The van der Waals surface area contributed by atoms with Gasteiger partial charge in [0.15, 0.2) is 5.78 Å². The van der Waals surface area contributed by atoms with Gasteiger partial charge in [-0.15, -0.1) is 0 Å². The van der Waals surface area contributed by atoms with Gasteiger partial charge in [0.25, 0.3) is 7.41 Å². The summed E-state index contributed by atoms with van der Waals surface area (Å²) < 4.78 is 1.67. The van der Waals surface area contributed by atoms with Gasteiger partial charge in [-0.05, 0) is 6.42 Å². The number of carbonyl (C=O) groups excluding carboxylic acids is 2. The van der Waals surface area contributed by atoms with Gasteiger partial charge in [0.1, 0.15) is 0 Å². The summed E-state index contributed by atoms with van der Waals surface area (Å²) in [6, 6.07) is 0. The number of hydrogen-bond acceptors (Lipinski definition) is 5. The van der Waals surface area contributed by atoms with Crippen LogP contribution in [0.4, 0.5) is 0 Å². The summed E-state index contributed by atoms with van der Waals surface area (Å²) >= 11 is 1.02. The van der Waals surface area contributed by atoms with Gasteiger partial charge in [-0.3, -0.25) is 9.59 Å². The molecule has 0 bridgehead atoms. The van der Waals surface area contributed by atoms with Crippen LogP contribution in [0.25, 0.3) is 0 Å². The predicted molar refractivity (Wildman–Crippen MR) is 70.7 cm³/mol. The Morgan fingerprint density at radius 1 is 1.39 bits per heavy atom. The second-order valence-corrected chi connectivity index (χ2v) is 5.22. The number of carbonyl (C=O) groups is 2. The third-order valence-corrected chi connectivity index (χ3v) is 4.02. The molecule has 0 atom stereocenters. The Bertz CT molecular complexity index is 523. The minimum atomic E-state index is -0.0771. The molecule has 2 rings (SSSR count). The van der Waals surface area contributed by atoms with Crippen molar-refractivity contribution in [3.63, 3.8) is 0 Å². The predicted octanol–water partition coefficient (Wildman–Crippen LogP) is 0.518. The highest BCUT2D eigenvalue weighted by Gasteiger charge is 2.28. The largest absolute Gasteiger partial charge is 0.328 e. The van der Waals surface area contributed by atoms with E-state index in [9.17, 15) is 14.4 Å². The lowest BCUT2D eigenvalue weighted by atomic mass is 9.91. The molecule has 0 N–H and O–H groups in total. The van der Waals surface area contributed by atoms with Crippen LogP contribution in [0.3, 0.4) is 0 Å². The average Bonchev–Trinajstić information content (AvgIpc) is 2.64. The van der Waals surface area contributed by atoms with Crippen LogP contribution in [0.15, 0.2) is 4.79 Å². The van der Waals surface area contributed by atoms with Crippen LogP contribution in [0.1, 0.15) is 35.1 Å². The van der Waals surface area contributed by atoms with Crippen molar-refractivity contribution in [2.45, 2.75) is 32.9 Å². The van der Waals surface area contributed by atoms with Crippen molar-refractivity contribution < 1.29 is 9.59 Å². The van der Waals surface area contributed by atoms with Crippen LogP contribution >= 0.6 is 11.3 Å². The van der Waals surface area contributed by atoms with Crippen molar-refractivity contribution in [2.75, 3.05) is 6.54 Å². The number of ketones is 1. The van der Waals surface area contributed by atoms with Crippen molar-refractivity contribution in [1.82, 2.24) is 9.38 Å². The van der Waals surface area contributed by atoms with E-state index < -0.39 is 0 Å². The molecule has 0 fully saturated rings. The van der Waals surface area contributed by atoms with Gasteiger partial charge >= 0.3 is 4.87 Å². The summed E-state index contributed by atoms with van der Waals surface area (Å²) in [4.78, 5) is 36.4. The van der Waals surface area contributed by atoms with Crippen LogP contribution < -0.4 is 4.87 Å². The Morgan fingerprint density at radius 2 is 2.17 bits per heavy atom. The number of Topliss-reactive ketones (excluding diaryl/α,β-unsaturated/α-hetero) is 1. The van der Waals surface area contributed by atoms with Gasteiger partial charge in [0.2, 0.25) is 0 Å². The monoisotopic (exact) mass is 265 g/mol. The Morgan fingerprint density at radius 3 is 2.83 bits per heavy atom. The van der Waals surface area contributed by atoms with Crippen LogP contribution in [-0.2, 0) is 17.9 Å². The zero-order valence-electron chi connectivity index (χ0n) is 10.2. The van der Waals surface area contributed by atoms with Crippen molar-refractivity contribution in [2.24, 2.45) is 0 Å². The molecule has 1 aliphatic rings. The first-order valence-electron chi connectivity index (χ1n) is 5.95.